The molecule has 0 unspecified atom stereocenters. The van der Waals surface area contributed by atoms with Crippen LogP contribution in [-0.4, -0.2) is 14.8 Å². The van der Waals surface area contributed by atoms with E-state index in [9.17, 15) is 0 Å². The molecular formula is C13H12N4O. The lowest BCUT2D eigenvalue weighted by molar-refractivity contribution is 0.574. The molecule has 0 aliphatic heterocycles. The predicted octanol–water partition coefficient (Wildman–Crippen LogP) is 2.32. The number of nitrogen functional groups attached to an aromatic ring is 1. The van der Waals surface area contributed by atoms with Crippen molar-refractivity contribution in [3.63, 3.8) is 0 Å². The molecular weight excluding hydrogens is 228 g/mol. The standard InChI is InChI=1S/C13H12N4O/c1-17-12(14)11(8-16-17)9-2-4-10(5-3-9)13-15-6-7-18-13/h2-8H,14H2,1H3. The molecule has 5 nitrogen and oxygen atoms in total. The molecule has 0 amide bonds. The maximum atomic E-state index is 5.94. The van der Waals surface area contributed by atoms with Crippen molar-refractivity contribution in [3.8, 4) is 22.6 Å². The highest BCUT2D eigenvalue weighted by Gasteiger charge is 2.08. The second-order valence-corrected chi connectivity index (χ2v) is 3.98. The van der Waals surface area contributed by atoms with Crippen molar-refractivity contribution < 1.29 is 4.42 Å². The van der Waals surface area contributed by atoms with Crippen LogP contribution in [-0.2, 0) is 7.05 Å². The van der Waals surface area contributed by atoms with Gasteiger partial charge in [0.25, 0.3) is 0 Å². The van der Waals surface area contributed by atoms with Crippen LogP contribution in [0.4, 0.5) is 5.82 Å². The lowest BCUT2D eigenvalue weighted by Crippen LogP contribution is -1.97. The summed E-state index contributed by atoms with van der Waals surface area (Å²) in [5.41, 5.74) is 8.82. The summed E-state index contributed by atoms with van der Waals surface area (Å²) in [5, 5.41) is 4.13. The van der Waals surface area contributed by atoms with Gasteiger partial charge in [0.1, 0.15) is 12.1 Å². The minimum Gasteiger partial charge on any atom is -0.445 e. The van der Waals surface area contributed by atoms with Crippen molar-refractivity contribution in [2.75, 3.05) is 5.73 Å². The SMILES string of the molecule is Cn1ncc(-c2ccc(-c3ncco3)cc2)c1N. The number of nitrogens with two attached hydrogens (primary N) is 1. The third-order valence-corrected chi connectivity index (χ3v) is 2.86. The number of anilines is 1. The van der Waals surface area contributed by atoms with Gasteiger partial charge in [-0.3, -0.25) is 4.68 Å². The van der Waals surface area contributed by atoms with Crippen molar-refractivity contribution in [1.29, 1.82) is 0 Å². The van der Waals surface area contributed by atoms with Gasteiger partial charge in [-0.05, 0) is 17.7 Å². The number of aryl methyl sites for hydroxylation is 1. The fourth-order valence-electron chi connectivity index (χ4n) is 1.83. The van der Waals surface area contributed by atoms with Crippen LogP contribution in [0.2, 0.25) is 0 Å². The van der Waals surface area contributed by atoms with E-state index in [4.69, 9.17) is 10.2 Å². The predicted molar refractivity (Wildman–Crippen MR) is 68.6 cm³/mol. The van der Waals surface area contributed by atoms with Crippen LogP contribution in [0, 0.1) is 0 Å². The summed E-state index contributed by atoms with van der Waals surface area (Å²) in [6.45, 7) is 0. The first-order valence-corrected chi connectivity index (χ1v) is 5.53. The first kappa shape index (κ1) is 10.6. The lowest BCUT2D eigenvalue weighted by atomic mass is 10.1. The Morgan fingerprint density at radius 3 is 2.44 bits per heavy atom. The van der Waals surface area contributed by atoms with Gasteiger partial charge < -0.3 is 10.2 Å². The molecule has 3 aromatic rings. The summed E-state index contributed by atoms with van der Waals surface area (Å²) in [4.78, 5) is 4.10. The summed E-state index contributed by atoms with van der Waals surface area (Å²) in [5.74, 6) is 1.26. The summed E-state index contributed by atoms with van der Waals surface area (Å²) >= 11 is 0. The highest BCUT2D eigenvalue weighted by atomic mass is 16.3. The first-order valence-electron chi connectivity index (χ1n) is 5.53. The van der Waals surface area contributed by atoms with Crippen molar-refractivity contribution in [2.24, 2.45) is 7.05 Å². The van der Waals surface area contributed by atoms with E-state index in [1.165, 1.54) is 0 Å². The zero-order valence-corrected chi connectivity index (χ0v) is 9.87. The van der Waals surface area contributed by atoms with Gasteiger partial charge in [-0.1, -0.05) is 12.1 Å². The molecule has 90 valence electrons. The summed E-state index contributed by atoms with van der Waals surface area (Å²) in [6.07, 6.45) is 4.94. The van der Waals surface area contributed by atoms with Crippen LogP contribution in [0.3, 0.4) is 0 Å². The second kappa shape index (κ2) is 4.03. The molecule has 0 aliphatic rings. The number of nitrogens with zero attached hydrogens (tertiary/aromatic N) is 3. The zero-order valence-electron chi connectivity index (χ0n) is 9.87. The van der Waals surface area contributed by atoms with Gasteiger partial charge in [-0.25, -0.2) is 4.98 Å². The Morgan fingerprint density at radius 1 is 1.17 bits per heavy atom. The average molecular weight is 240 g/mol. The molecule has 2 heterocycles. The highest BCUT2D eigenvalue weighted by Crippen LogP contribution is 2.27. The number of benzene rings is 1. The molecule has 18 heavy (non-hydrogen) atoms. The van der Waals surface area contributed by atoms with E-state index in [0.717, 1.165) is 16.7 Å². The van der Waals surface area contributed by atoms with E-state index >= 15 is 0 Å². The molecule has 0 bridgehead atoms. The van der Waals surface area contributed by atoms with Crippen LogP contribution in [0.15, 0.2) is 47.3 Å². The summed E-state index contributed by atoms with van der Waals surface area (Å²) in [6, 6.07) is 7.86. The number of hydrogen-bond donors (Lipinski definition) is 1. The smallest absolute Gasteiger partial charge is 0.225 e. The lowest BCUT2D eigenvalue weighted by Gasteiger charge is -2.02. The second-order valence-electron chi connectivity index (χ2n) is 3.98. The fraction of sp³-hybridized carbons (Fsp3) is 0.0769. The number of oxazole rings is 1. The third kappa shape index (κ3) is 1.66. The Kier molecular flexibility index (Phi) is 2.37. The topological polar surface area (TPSA) is 69.9 Å². The molecule has 2 N–H and O–H groups in total. The van der Waals surface area contributed by atoms with Crippen LogP contribution in [0.25, 0.3) is 22.6 Å². The van der Waals surface area contributed by atoms with Crippen LogP contribution < -0.4 is 5.73 Å². The van der Waals surface area contributed by atoms with Crippen LogP contribution >= 0.6 is 0 Å². The Bertz CT molecular complexity index is 653. The van der Waals surface area contributed by atoms with E-state index < -0.39 is 0 Å². The minimum absolute atomic E-state index is 0.612. The molecule has 1 aromatic carbocycles. The van der Waals surface area contributed by atoms with Crippen molar-refractivity contribution >= 4 is 5.82 Å². The molecule has 0 saturated carbocycles. The molecule has 2 aromatic heterocycles. The monoisotopic (exact) mass is 240 g/mol. The summed E-state index contributed by atoms with van der Waals surface area (Å²) < 4.78 is 6.89. The Morgan fingerprint density at radius 2 is 1.89 bits per heavy atom. The van der Waals surface area contributed by atoms with Gasteiger partial charge in [0.2, 0.25) is 5.89 Å². The first-order chi connectivity index (χ1) is 8.75. The van der Waals surface area contributed by atoms with Gasteiger partial charge in [0.05, 0.1) is 12.4 Å². The van der Waals surface area contributed by atoms with E-state index in [1.54, 1.807) is 23.3 Å². The Balaban J connectivity index is 1.99. The molecule has 0 saturated heterocycles. The van der Waals surface area contributed by atoms with E-state index in [-0.39, 0.29) is 0 Å². The van der Waals surface area contributed by atoms with Gasteiger partial charge in [-0.15, -0.1) is 0 Å². The van der Waals surface area contributed by atoms with E-state index in [1.807, 2.05) is 31.3 Å². The molecule has 0 atom stereocenters. The van der Waals surface area contributed by atoms with Gasteiger partial charge in [0.15, 0.2) is 0 Å². The van der Waals surface area contributed by atoms with Crippen LogP contribution in [0.1, 0.15) is 0 Å². The highest BCUT2D eigenvalue weighted by molar-refractivity contribution is 5.75. The van der Waals surface area contributed by atoms with Gasteiger partial charge in [0, 0.05) is 18.2 Å². The quantitative estimate of drug-likeness (QED) is 0.746. The normalized spacial score (nSPS) is 10.7. The molecule has 5 heteroatoms. The van der Waals surface area contributed by atoms with Crippen molar-refractivity contribution in [3.05, 3.63) is 42.9 Å². The minimum atomic E-state index is 0.612. The third-order valence-electron chi connectivity index (χ3n) is 2.86. The number of hydrogen-bond acceptors (Lipinski definition) is 4. The number of rotatable bonds is 2. The number of aromatic nitrogens is 3. The van der Waals surface area contributed by atoms with Gasteiger partial charge >= 0.3 is 0 Å². The molecule has 0 spiro atoms. The molecule has 0 radical (unpaired) electrons. The fourth-order valence-corrected chi connectivity index (χ4v) is 1.83. The largest absolute Gasteiger partial charge is 0.445 e. The molecule has 0 aliphatic carbocycles. The Hall–Kier alpha value is -2.56. The Labute approximate surface area is 104 Å². The zero-order chi connectivity index (χ0) is 12.5. The summed E-state index contributed by atoms with van der Waals surface area (Å²) in [7, 11) is 1.82. The maximum Gasteiger partial charge on any atom is 0.225 e. The average Bonchev–Trinajstić information content (AvgIpc) is 3.02. The van der Waals surface area contributed by atoms with Crippen molar-refractivity contribution in [2.45, 2.75) is 0 Å². The van der Waals surface area contributed by atoms with E-state index in [0.29, 0.717) is 11.7 Å². The van der Waals surface area contributed by atoms with Gasteiger partial charge in [-0.2, -0.15) is 5.10 Å². The molecule has 3 rings (SSSR count). The maximum absolute atomic E-state index is 5.94. The van der Waals surface area contributed by atoms with E-state index in [2.05, 4.69) is 10.1 Å². The van der Waals surface area contributed by atoms with Crippen molar-refractivity contribution in [1.82, 2.24) is 14.8 Å². The molecule has 0 fully saturated rings. The van der Waals surface area contributed by atoms with Crippen LogP contribution in [0.5, 0.6) is 0 Å².